The summed E-state index contributed by atoms with van der Waals surface area (Å²) in [4.78, 5) is 12.4. The first-order valence-electron chi connectivity index (χ1n) is 8.18. The fourth-order valence-corrected chi connectivity index (χ4v) is 3.19. The van der Waals surface area contributed by atoms with Crippen molar-refractivity contribution in [3.63, 3.8) is 0 Å². The molecule has 1 aromatic rings. The van der Waals surface area contributed by atoms with Gasteiger partial charge in [0.1, 0.15) is 5.75 Å². The number of benzene rings is 1. The molecule has 3 nitrogen and oxygen atoms in total. The largest absolute Gasteiger partial charge is 0.495 e. The first-order chi connectivity index (χ1) is 10.2. The summed E-state index contributed by atoms with van der Waals surface area (Å²) in [5.74, 6) is 1.86. The monoisotopic (exact) mass is 289 g/mol. The summed E-state index contributed by atoms with van der Waals surface area (Å²) in [6.07, 6.45) is 8.37. The molecule has 0 aliphatic heterocycles. The molecule has 1 saturated carbocycles. The maximum Gasteiger partial charge on any atom is 0.227 e. The molecule has 1 aromatic carbocycles. The highest BCUT2D eigenvalue weighted by Crippen LogP contribution is 2.33. The van der Waals surface area contributed by atoms with Gasteiger partial charge in [0.15, 0.2) is 0 Å². The zero-order valence-corrected chi connectivity index (χ0v) is 13.2. The summed E-state index contributed by atoms with van der Waals surface area (Å²) in [7, 11) is 1.63. The van der Waals surface area contributed by atoms with Gasteiger partial charge < -0.3 is 10.1 Å². The lowest BCUT2D eigenvalue weighted by Gasteiger charge is -2.27. The highest BCUT2D eigenvalue weighted by atomic mass is 16.5. The Kier molecular flexibility index (Phi) is 6.09. The molecule has 1 N–H and O–H groups in total. The highest BCUT2D eigenvalue weighted by molar-refractivity contribution is 5.93. The number of anilines is 1. The number of para-hydroxylation sites is 2. The van der Waals surface area contributed by atoms with Gasteiger partial charge in [0, 0.05) is 5.92 Å². The number of hydrogen-bond acceptors (Lipinski definition) is 2. The Morgan fingerprint density at radius 1 is 1.24 bits per heavy atom. The third-order valence-corrected chi connectivity index (χ3v) is 4.55. The molecule has 1 fully saturated rings. The van der Waals surface area contributed by atoms with Crippen LogP contribution in [0.15, 0.2) is 24.3 Å². The van der Waals surface area contributed by atoms with Gasteiger partial charge in [-0.2, -0.15) is 0 Å². The van der Waals surface area contributed by atoms with Crippen molar-refractivity contribution in [3.05, 3.63) is 24.3 Å². The van der Waals surface area contributed by atoms with Crippen LogP contribution in [-0.2, 0) is 4.79 Å². The Bertz CT molecular complexity index is 450. The van der Waals surface area contributed by atoms with E-state index < -0.39 is 0 Å². The number of methoxy groups -OCH3 is 1. The molecule has 0 bridgehead atoms. The number of carbonyl (C=O) groups is 1. The van der Waals surface area contributed by atoms with Crippen molar-refractivity contribution in [2.45, 2.75) is 51.9 Å². The first-order valence-corrected chi connectivity index (χ1v) is 8.18. The van der Waals surface area contributed by atoms with Crippen molar-refractivity contribution in [3.8, 4) is 5.75 Å². The van der Waals surface area contributed by atoms with E-state index in [1.54, 1.807) is 7.11 Å². The van der Waals surface area contributed by atoms with Crippen molar-refractivity contribution in [2.24, 2.45) is 11.8 Å². The predicted octanol–water partition coefficient (Wildman–Crippen LogP) is 4.63. The number of ether oxygens (including phenoxy) is 1. The molecule has 0 saturated heterocycles. The smallest absolute Gasteiger partial charge is 0.227 e. The third-order valence-electron chi connectivity index (χ3n) is 4.55. The second kappa shape index (κ2) is 8.06. The summed E-state index contributed by atoms with van der Waals surface area (Å²) in [6.45, 7) is 2.24. The molecule has 0 unspecified atom stereocenters. The SMILES string of the molecule is CCCCC1CCC(C(=O)Nc2ccccc2OC)CC1. The van der Waals surface area contributed by atoms with Crippen molar-refractivity contribution in [1.82, 2.24) is 0 Å². The Labute approximate surface area is 128 Å². The number of carbonyl (C=O) groups excluding carboxylic acids is 1. The molecular formula is C18H27NO2. The highest BCUT2D eigenvalue weighted by Gasteiger charge is 2.26. The standard InChI is InChI=1S/C18H27NO2/c1-3-4-7-14-10-12-15(13-11-14)18(20)19-16-8-5-6-9-17(16)21-2/h5-6,8-9,14-15H,3-4,7,10-13H2,1-2H3,(H,19,20). The van der Waals surface area contributed by atoms with Gasteiger partial charge in [-0.05, 0) is 43.7 Å². The summed E-state index contributed by atoms with van der Waals surface area (Å²) < 4.78 is 5.28. The van der Waals surface area contributed by atoms with Crippen molar-refractivity contribution < 1.29 is 9.53 Å². The van der Waals surface area contributed by atoms with Crippen LogP contribution in [0.3, 0.4) is 0 Å². The van der Waals surface area contributed by atoms with Crippen LogP contribution in [0.2, 0.25) is 0 Å². The molecule has 1 aliphatic carbocycles. The van der Waals surface area contributed by atoms with Crippen LogP contribution in [0.4, 0.5) is 5.69 Å². The van der Waals surface area contributed by atoms with Gasteiger partial charge in [-0.1, -0.05) is 38.3 Å². The Morgan fingerprint density at radius 2 is 1.95 bits per heavy atom. The summed E-state index contributed by atoms with van der Waals surface area (Å²) in [5.41, 5.74) is 0.776. The van der Waals surface area contributed by atoms with Crippen molar-refractivity contribution >= 4 is 11.6 Å². The van der Waals surface area contributed by atoms with E-state index in [1.807, 2.05) is 24.3 Å². The van der Waals surface area contributed by atoms with Gasteiger partial charge in [0.05, 0.1) is 12.8 Å². The summed E-state index contributed by atoms with van der Waals surface area (Å²) >= 11 is 0. The van der Waals surface area contributed by atoms with E-state index in [-0.39, 0.29) is 11.8 Å². The number of rotatable bonds is 6. The van der Waals surface area contributed by atoms with Gasteiger partial charge in [-0.3, -0.25) is 4.79 Å². The number of nitrogens with one attached hydrogen (secondary N) is 1. The van der Waals surface area contributed by atoms with Gasteiger partial charge >= 0.3 is 0 Å². The number of unbranched alkanes of at least 4 members (excludes halogenated alkanes) is 1. The lowest BCUT2D eigenvalue weighted by molar-refractivity contribution is -0.121. The van der Waals surface area contributed by atoms with Gasteiger partial charge in [-0.25, -0.2) is 0 Å². The van der Waals surface area contributed by atoms with E-state index in [0.717, 1.165) is 30.2 Å². The van der Waals surface area contributed by atoms with E-state index in [9.17, 15) is 4.79 Å². The Morgan fingerprint density at radius 3 is 2.62 bits per heavy atom. The molecule has 21 heavy (non-hydrogen) atoms. The minimum atomic E-state index is 0.147. The van der Waals surface area contributed by atoms with Crippen molar-refractivity contribution in [1.29, 1.82) is 0 Å². The topological polar surface area (TPSA) is 38.3 Å². The second-order valence-corrected chi connectivity index (χ2v) is 6.05. The van der Waals surface area contributed by atoms with Crippen LogP contribution < -0.4 is 10.1 Å². The fourth-order valence-electron chi connectivity index (χ4n) is 3.19. The molecule has 0 spiro atoms. The second-order valence-electron chi connectivity index (χ2n) is 6.05. The van der Waals surface area contributed by atoms with E-state index in [1.165, 1.54) is 32.1 Å². The number of hydrogen-bond donors (Lipinski definition) is 1. The maximum atomic E-state index is 12.4. The Hall–Kier alpha value is -1.51. The average molecular weight is 289 g/mol. The van der Waals surface area contributed by atoms with Gasteiger partial charge in [0.2, 0.25) is 5.91 Å². The molecule has 0 radical (unpaired) electrons. The maximum absolute atomic E-state index is 12.4. The van der Waals surface area contributed by atoms with E-state index in [4.69, 9.17) is 4.74 Å². The minimum Gasteiger partial charge on any atom is -0.495 e. The zero-order valence-electron chi connectivity index (χ0n) is 13.2. The fraction of sp³-hybridized carbons (Fsp3) is 0.611. The van der Waals surface area contributed by atoms with Gasteiger partial charge in [0.25, 0.3) is 0 Å². The molecule has 116 valence electrons. The van der Waals surface area contributed by atoms with Crippen molar-refractivity contribution in [2.75, 3.05) is 12.4 Å². The van der Waals surface area contributed by atoms with Crippen LogP contribution in [-0.4, -0.2) is 13.0 Å². The summed E-state index contributed by atoms with van der Waals surface area (Å²) in [5, 5.41) is 3.03. The van der Waals surface area contributed by atoms with Crippen LogP contribution in [0.1, 0.15) is 51.9 Å². The molecule has 0 aromatic heterocycles. The normalized spacial score (nSPS) is 21.8. The molecular weight excluding hydrogens is 262 g/mol. The molecule has 3 heteroatoms. The summed E-state index contributed by atoms with van der Waals surface area (Å²) in [6, 6.07) is 7.59. The molecule has 0 heterocycles. The average Bonchev–Trinajstić information content (AvgIpc) is 2.54. The lowest BCUT2D eigenvalue weighted by atomic mass is 9.79. The van der Waals surface area contributed by atoms with Crippen LogP contribution in [0, 0.1) is 11.8 Å². The van der Waals surface area contributed by atoms with E-state index >= 15 is 0 Å². The molecule has 2 rings (SSSR count). The number of amides is 1. The predicted molar refractivity (Wildman–Crippen MR) is 86.6 cm³/mol. The third kappa shape index (κ3) is 4.48. The lowest BCUT2D eigenvalue weighted by Crippen LogP contribution is -2.27. The molecule has 1 amide bonds. The first kappa shape index (κ1) is 15.9. The van der Waals surface area contributed by atoms with Crippen LogP contribution in [0.5, 0.6) is 5.75 Å². The molecule has 1 aliphatic rings. The zero-order chi connectivity index (χ0) is 15.1. The van der Waals surface area contributed by atoms with Crippen LogP contribution in [0.25, 0.3) is 0 Å². The van der Waals surface area contributed by atoms with E-state index in [2.05, 4.69) is 12.2 Å². The molecule has 0 atom stereocenters. The quantitative estimate of drug-likeness (QED) is 0.829. The van der Waals surface area contributed by atoms with E-state index in [0.29, 0.717) is 0 Å². The van der Waals surface area contributed by atoms with Crippen LogP contribution >= 0.6 is 0 Å². The minimum absolute atomic E-state index is 0.147. The van der Waals surface area contributed by atoms with Gasteiger partial charge in [-0.15, -0.1) is 0 Å². The Balaban J connectivity index is 1.85.